The Hall–Kier alpha value is -3.31. The number of rotatable bonds is 8. The quantitative estimate of drug-likeness (QED) is 0.467. The van der Waals surface area contributed by atoms with E-state index in [0.29, 0.717) is 17.3 Å². The predicted molar refractivity (Wildman–Crippen MR) is 114 cm³/mol. The lowest BCUT2D eigenvalue weighted by Crippen LogP contribution is -2.36. The minimum Gasteiger partial charge on any atom is -0.490 e. The summed E-state index contributed by atoms with van der Waals surface area (Å²) < 4.78 is 35.7. The number of amides is 3. The van der Waals surface area contributed by atoms with Crippen molar-refractivity contribution in [1.82, 2.24) is 4.90 Å². The van der Waals surface area contributed by atoms with Gasteiger partial charge in [-0.25, -0.2) is 0 Å². The van der Waals surface area contributed by atoms with Crippen LogP contribution in [0.15, 0.2) is 58.3 Å². The SMILES string of the molecule is CCOc1cc(/C=C2\SC(=O)N(CC(N)=O)C2=O)ccc1OS(=O)(=O)c1ccccc1. The van der Waals surface area contributed by atoms with Crippen LogP contribution in [0.5, 0.6) is 11.5 Å². The first-order valence-corrected chi connectivity index (χ1v) is 11.2. The van der Waals surface area contributed by atoms with Crippen molar-refractivity contribution in [2.45, 2.75) is 11.8 Å². The van der Waals surface area contributed by atoms with Crippen LogP contribution in [-0.4, -0.2) is 43.5 Å². The van der Waals surface area contributed by atoms with E-state index in [0.717, 1.165) is 4.90 Å². The second-order valence-electron chi connectivity index (χ2n) is 6.22. The number of carbonyl (C=O) groups excluding carboxylic acids is 3. The first kappa shape index (κ1) is 22.4. The van der Waals surface area contributed by atoms with Crippen molar-refractivity contribution < 1.29 is 31.7 Å². The van der Waals surface area contributed by atoms with Crippen LogP contribution < -0.4 is 14.7 Å². The summed E-state index contributed by atoms with van der Waals surface area (Å²) >= 11 is 0.672. The molecule has 1 heterocycles. The van der Waals surface area contributed by atoms with E-state index in [9.17, 15) is 22.8 Å². The molecule has 0 bridgehead atoms. The van der Waals surface area contributed by atoms with E-state index in [2.05, 4.69) is 0 Å². The molecule has 1 aliphatic heterocycles. The highest BCUT2D eigenvalue weighted by atomic mass is 32.2. The van der Waals surface area contributed by atoms with E-state index in [1.807, 2.05) is 0 Å². The highest BCUT2D eigenvalue weighted by Gasteiger charge is 2.35. The van der Waals surface area contributed by atoms with E-state index < -0.39 is 33.7 Å². The second kappa shape index (κ2) is 9.23. The highest BCUT2D eigenvalue weighted by Crippen LogP contribution is 2.35. The molecule has 162 valence electrons. The molecule has 0 spiro atoms. The summed E-state index contributed by atoms with van der Waals surface area (Å²) in [6.07, 6.45) is 1.43. The summed E-state index contributed by atoms with van der Waals surface area (Å²) in [5, 5.41) is -0.603. The average molecular weight is 463 g/mol. The molecule has 0 atom stereocenters. The van der Waals surface area contributed by atoms with Crippen molar-refractivity contribution >= 4 is 45.0 Å². The number of imide groups is 1. The molecule has 9 nitrogen and oxygen atoms in total. The number of ether oxygens (including phenoxy) is 1. The lowest BCUT2D eigenvalue weighted by Gasteiger charge is -2.12. The third kappa shape index (κ3) is 5.25. The zero-order valence-corrected chi connectivity index (χ0v) is 17.9. The summed E-state index contributed by atoms with van der Waals surface area (Å²) in [7, 11) is -4.07. The molecule has 3 amide bonds. The van der Waals surface area contributed by atoms with Crippen LogP contribution >= 0.6 is 11.8 Å². The molecule has 1 saturated heterocycles. The van der Waals surface area contributed by atoms with Gasteiger partial charge in [0.05, 0.1) is 11.5 Å². The molecule has 2 aromatic carbocycles. The molecule has 3 rings (SSSR count). The lowest BCUT2D eigenvalue weighted by atomic mass is 10.2. The van der Waals surface area contributed by atoms with Crippen molar-refractivity contribution in [1.29, 1.82) is 0 Å². The van der Waals surface area contributed by atoms with Crippen LogP contribution in [-0.2, 0) is 19.7 Å². The zero-order valence-electron chi connectivity index (χ0n) is 16.3. The molecule has 0 saturated carbocycles. The van der Waals surface area contributed by atoms with Gasteiger partial charge < -0.3 is 14.7 Å². The average Bonchev–Trinajstić information content (AvgIpc) is 2.97. The Morgan fingerprint density at radius 3 is 2.48 bits per heavy atom. The Bertz CT molecular complexity index is 1160. The number of hydrogen-bond donors (Lipinski definition) is 1. The molecule has 0 unspecified atom stereocenters. The van der Waals surface area contributed by atoms with Crippen LogP contribution in [0.3, 0.4) is 0 Å². The van der Waals surface area contributed by atoms with Gasteiger partial charge in [-0.2, -0.15) is 8.42 Å². The first-order chi connectivity index (χ1) is 14.7. The van der Waals surface area contributed by atoms with Crippen LogP contribution in [0.1, 0.15) is 12.5 Å². The van der Waals surface area contributed by atoms with E-state index in [1.165, 1.54) is 36.4 Å². The van der Waals surface area contributed by atoms with Crippen molar-refractivity contribution in [2.75, 3.05) is 13.2 Å². The fourth-order valence-corrected chi connectivity index (χ4v) is 4.45. The summed E-state index contributed by atoms with van der Waals surface area (Å²) in [6.45, 7) is 1.45. The summed E-state index contributed by atoms with van der Waals surface area (Å²) in [5.41, 5.74) is 5.53. The summed E-state index contributed by atoms with van der Waals surface area (Å²) in [6, 6.07) is 12.1. The minimum atomic E-state index is -4.07. The largest absolute Gasteiger partial charge is 0.490 e. The summed E-state index contributed by atoms with van der Waals surface area (Å²) in [4.78, 5) is 36.2. The third-order valence-electron chi connectivity index (χ3n) is 3.98. The van der Waals surface area contributed by atoms with Gasteiger partial charge in [-0.1, -0.05) is 24.3 Å². The first-order valence-electron chi connectivity index (χ1n) is 9.01. The molecule has 0 radical (unpaired) electrons. The van der Waals surface area contributed by atoms with Crippen molar-refractivity contribution in [3.8, 4) is 11.5 Å². The normalized spacial score (nSPS) is 15.4. The number of primary amides is 1. The molecule has 0 aromatic heterocycles. The van der Waals surface area contributed by atoms with Gasteiger partial charge in [0.15, 0.2) is 11.5 Å². The fourth-order valence-electron chi connectivity index (χ4n) is 2.65. The topological polar surface area (TPSA) is 133 Å². The smallest absolute Gasteiger partial charge is 0.339 e. The Labute approximate surface area is 182 Å². The number of hydrogen-bond acceptors (Lipinski definition) is 8. The fraction of sp³-hybridized carbons (Fsp3) is 0.150. The number of benzene rings is 2. The van der Waals surface area contributed by atoms with Crippen molar-refractivity contribution in [3.05, 3.63) is 59.0 Å². The molecule has 1 aliphatic rings. The van der Waals surface area contributed by atoms with Crippen LogP contribution in [0.25, 0.3) is 6.08 Å². The number of nitrogens with zero attached hydrogens (tertiary/aromatic N) is 1. The molecule has 0 aliphatic carbocycles. The molecule has 2 aromatic rings. The highest BCUT2D eigenvalue weighted by molar-refractivity contribution is 8.18. The van der Waals surface area contributed by atoms with Crippen LogP contribution in [0.2, 0.25) is 0 Å². The van der Waals surface area contributed by atoms with Gasteiger partial charge in [-0.3, -0.25) is 19.3 Å². The van der Waals surface area contributed by atoms with Crippen LogP contribution in [0, 0.1) is 0 Å². The summed E-state index contributed by atoms with van der Waals surface area (Å²) in [5.74, 6) is -1.32. The van der Waals surface area contributed by atoms with Gasteiger partial charge >= 0.3 is 10.1 Å². The third-order valence-corrected chi connectivity index (χ3v) is 6.14. The Morgan fingerprint density at radius 2 is 1.84 bits per heavy atom. The molecular weight excluding hydrogens is 444 g/mol. The van der Waals surface area contributed by atoms with Crippen LogP contribution in [0.4, 0.5) is 4.79 Å². The number of carbonyl (C=O) groups is 3. The maximum atomic E-state index is 12.5. The lowest BCUT2D eigenvalue weighted by molar-refractivity contribution is -0.127. The van der Waals surface area contributed by atoms with E-state index in [4.69, 9.17) is 14.7 Å². The Balaban J connectivity index is 1.89. The monoisotopic (exact) mass is 462 g/mol. The maximum absolute atomic E-state index is 12.5. The van der Waals surface area contributed by atoms with Gasteiger partial charge in [0.1, 0.15) is 11.4 Å². The zero-order chi connectivity index (χ0) is 22.6. The maximum Gasteiger partial charge on any atom is 0.339 e. The van der Waals surface area contributed by atoms with E-state index in [1.54, 1.807) is 25.1 Å². The van der Waals surface area contributed by atoms with Crippen molar-refractivity contribution in [2.24, 2.45) is 5.73 Å². The van der Waals surface area contributed by atoms with Gasteiger partial charge in [0.2, 0.25) is 5.91 Å². The van der Waals surface area contributed by atoms with E-state index in [-0.39, 0.29) is 27.9 Å². The van der Waals surface area contributed by atoms with Gasteiger partial charge in [0, 0.05) is 0 Å². The van der Waals surface area contributed by atoms with Crippen molar-refractivity contribution in [3.63, 3.8) is 0 Å². The Kier molecular flexibility index (Phi) is 6.66. The Morgan fingerprint density at radius 1 is 1.13 bits per heavy atom. The molecule has 31 heavy (non-hydrogen) atoms. The molecule has 11 heteroatoms. The predicted octanol–water partition coefficient (Wildman–Crippen LogP) is 2.37. The number of thioether (sulfide) groups is 1. The van der Waals surface area contributed by atoms with E-state index >= 15 is 0 Å². The molecule has 1 fully saturated rings. The van der Waals surface area contributed by atoms with Gasteiger partial charge in [-0.15, -0.1) is 0 Å². The standard InChI is InChI=1S/C20H18N2O7S2/c1-2-28-16-10-13(11-17-19(24)22(12-18(21)23)20(25)30-17)8-9-15(16)29-31(26,27)14-6-4-3-5-7-14/h3-11H,2,12H2,1H3,(H2,21,23)/b17-11-. The number of nitrogens with two attached hydrogens (primary N) is 1. The second-order valence-corrected chi connectivity index (χ2v) is 8.76. The van der Waals surface area contributed by atoms with Gasteiger partial charge in [0.25, 0.3) is 11.1 Å². The molecule has 2 N–H and O–H groups in total. The molecular formula is C20H18N2O7S2. The minimum absolute atomic E-state index is 0.00958. The van der Waals surface area contributed by atoms with Gasteiger partial charge in [-0.05, 0) is 54.6 Å².